The van der Waals surface area contributed by atoms with E-state index in [1.54, 1.807) is 12.1 Å². The molecule has 1 aromatic rings. The van der Waals surface area contributed by atoms with Crippen molar-refractivity contribution in [3.05, 3.63) is 29.8 Å². The van der Waals surface area contributed by atoms with Crippen molar-refractivity contribution in [1.29, 1.82) is 0 Å². The van der Waals surface area contributed by atoms with E-state index in [0.29, 0.717) is 36.1 Å². The van der Waals surface area contributed by atoms with Crippen molar-refractivity contribution in [2.75, 3.05) is 25.0 Å². The van der Waals surface area contributed by atoms with Crippen LogP contribution in [-0.4, -0.2) is 42.3 Å². The monoisotopic (exact) mass is 401 g/mol. The number of rotatable bonds is 6. The summed E-state index contributed by atoms with van der Waals surface area (Å²) in [6.07, 6.45) is 1.96. The number of hydrogen-bond acceptors (Lipinski definition) is 3. The molecule has 1 aromatic carbocycles. The molecule has 0 bridgehead atoms. The molecule has 0 aliphatic carbocycles. The second-order valence-electron chi connectivity index (χ2n) is 9.36. The standard InChI is InChI=1S/C23H35N3O3/c1-16-13-17(2)15-26(14-16)21(28)18-9-6-7-10-19(18)25-20(27)11-8-12-24-22(29)23(3,4)5/h6-7,9-10,16-17H,8,11-15H2,1-5H3,(H,24,29)(H,25,27). The van der Waals surface area contributed by atoms with E-state index in [9.17, 15) is 14.4 Å². The molecule has 2 N–H and O–H groups in total. The van der Waals surface area contributed by atoms with Gasteiger partial charge in [0.05, 0.1) is 11.3 Å². The Bertz CT molecular complexity index is 729. The van der Waals surface area contributed by atoms with Gasteiger partial charge in [-0.05, 0) is 36.8 Å². The van der Waals surface area contributed by atoms with E-state index in [0.717, 1.165) is 19.5 Å². The maximum atomic E-state index is 13.0. The lowest BCUT2D eigenvalue weighted by Crippen LogP contribution is -2.42. The summed E-state index contributed by atoms with van der Waals surface area (Å²) in [4.78, 5) is 39.2. The van der Waals surface area contributed by atoms with Crippen LogP contribution < -0.4 is 10.6 Å². The minimum atomic E-state index is -0.439. The maximum Gasteiger partial charge on any atom is 0.255 e. The average Bonchev–Trinajstić information content (AvgIpc) is 2.63. The highest BCUT2D eigenvalue weighted by Crippen LogP contribution is 2.25. The van der Waals surface area contributed by atoms with Gasteiger partial charge >= 0.3 is 0 Å². The number of nitrogens with one attached hydrogen (secondary N) is 2. The molecule has 1 aliphatic rings. The molecule has 160 valence electrons. The van der Waals surface area contributed by atoms with E-state index >= 15 is 0 Å². The SMILES string of the molecule is CC1CC(C)CN(C(=O)c2ccccc2NC(=O)CCCNC(=O)C(C)(C)C)C1. The van der Waals surface area contributed by atoms with Gasteiger partial charge < -0.3 is 15.5 Å². The lowest BCUT2D eigenvalue weighted by Gasteiger charge is -2.35. The van der Waals surface area contributed by atoms with Gasteiger partial charge in [-0.1, -0.05) is 46.8 Å². The number of anilines is 1. The van der Waals surface area contributed by atoms with Crippen LogP contribution in [0, 0.1) is 17.3 Å². The smallest absolute Gasteiger partial charge is 0.255 e. The highest BCUT2D eigenvalue weighted by atomic mass is 16.2. The van der Waals surface area contributed by atoms with Crippen LogP contribution in [0.25, 0.3) is 0 Å². The van der Waals surface area contributed by atoms with Crippen molar-refractivity contribution >= 4 is 23.4 Å². The van der Waals surface area contributed by atoms with Gasteiger partial charge in [-0.2, -0.15) is 0 Å². The predicted molar refractivity (Wildman–Crippen MR) is 116 cm³/mol. The molecule has 0 radical (unpaired) electrons. The van der Waals surface area contributed by atoms with Gasteiger partial charge in [0.15, 0.2) is 0 Å². The van der Waals surface area contributed by atoms with Crippen molar-refractivity contribution in [2.45, 2.75) is 53.9 Å². The van der Waals surface area contributed by atoms with Crippen LogP contribution in [0.4, 0.5) is 5.69 Å². The summed E-state index contributed by atoms with van der Waals surface area (Å²) in [5.74, 6) is 0.742. The fraction of sp³-hybridized carbons (Fsp3) is 0.609. The van der Waals surface area contributed by atoms with Crippen LogP contribution >= 0.6 is 0 Å². The summed E-state index contributed by atoms with van der Waals surface area (Å²) < 4.78 is 0. The first-order valence-electron chi connectivity index (χ1n) is 10.5. The molecule has 29 heavy (non-hydrogen) atoms. The largest absolute Gasteiger partial charge is 0.356 e. The van der Waals surface area contributed by atoms with Crippen LogP contribution in [-0.2, 0) is 9.59 Å². The number of amides is 3. The molecular weight excluding hydrogens is 366 g/mol. The Balaban J connectivity index is 1.92. The molecule has 2 rings (SSSR count). The first kappa shape index (κ1) is 22.9. The topological polar surface area (TPSA) is 78.5 Å². The summed E-state index contributed by atoms with van der Waals surface area (Å²) in [6, 6.07) is 7.17. The van der Waals surface area contributed by atoms with Crippen LogP contribution in [0.3, 0.4) is 0 Å². The van der Waals surface area contributed by atoms with Gasteiger partial charge in [0.2, 0.25) is 11.8 Å². The van der Waals surface area contributed by atoms with Crippen molar-refractivity contribution in [2.24, 2.45) is 17.3 Å². The van der Waals surface area contributed by atoms with E-state index in [-0.39, 0.29) is 24.1 Å². The van der Waals surface area contributed by atoms with E-state index in [1.807, 2.05) is 37.8 Å². The Morgan fingerprint density at radius 3 is 2.31 bits per heavy atom. The Labute approximate surface area is 174 Å². The fourth-order valence-corrected chi connectivity index (χ4v) is 3.71. The van der Waals surface area contributed by atoms with Crippen molar-refractivity contribution < 1.29 is 14.4 Å². The van der Waals surface area contributed by atoms with Crippen molar-refractivity contribution in [1.82, 2.24) is 10.2 Å². The lowest BCUT2D eigenvalue weighted by molar-refractivity contribution is -0.128. The zero-order valence-electron chi connectivity index (χ0n) is 18.4. The highest BCUT2D eigenvalue weighted by molar-refractivity contribution is 6.03. The molecule has 1 aliphatic heterocycles. The minimum absolute atomic E-state index is 0.0289. The highest BCUT2D eigenvalue weighted by Gasteiger charge is 2.27. The molecule has 2 atom stereocenters. The number of carbonyl (C=O) groups excluding carboxylic acids is 3. The number of nitrogens with zero attached hydrogens (tertiary/aromatic N) is 1. The average molecular weight is 402 g/mol. The van der Waals surface area contributed by atoms with Crippen LogP contribution in [0.2, 0.25) is 0 Å². The molecule has 2 unspecified atom stereocenters. The number of benzene rings is 1. The van der Waals surface area contributed by atoms with E-state index in [4.69, 9.17) is 0 Å². The summed E-state index contributed by atoms with van der Waals surface area (Å²) in [5.41, 5.74) is 0.639. The summed E-state index contributed by atoms with van der Waals surface area (Å²) in [7, 11) is 0. The Kier molecular flexibility index (Phi) is 7.82. The van der Waals surface area contributed by atoms with Gasteiger partial charge in [-0.25, -0.2) is 0 Å². The molecule has 0 saturated carbocycles. The predicted octanol–water partition coefficient (Wildman–Crippen LogP) is 3.69. The van der Waals surface area contributed by atoms with E-state index < -0.39 is 5.41 Å². The van der Waals surface area contributed by atoms with E-state index in [2.05, 4.69) is 24.5 Å². The third-order valence-electron chi connectivity index (χ3n) is 5.13. The lowest BCUT2D eigenvalue weighted by atomic mass is 9.91. The number of hydrogen-bond donors (Lipinski definition) is 2. The van der Waals surface area contributed by atoms with Gasteiger partial charge in [0.25, 0.3) is 5.91 Å². The molecule has 1 fully saturated rings. The third-order valence-corrected chi connectivity index (χ3v) is 5.13. The quantitative estimate of drug-likeness (QED) is 0.714. The molecule has 1 heterocycles. The fourth-order valence-electron chi connectivity index (χ4n) is 3.71. The van der Waals surface area contributed by atoms with Gasteiger partial charge in [0.1, 0.15) is 0 Å². The van der Waals surface area contributed by atoms with Crippen LogP contribution in [0.1, 0.15) is 64.2 Å². The number of likely N-dealkylation sites (tertiary alicyclic amines) is 1. The summed E-state index contributed by atoms with van der Waals surface area (Å²) >= 11 is 0. The molecule has 6 nitrogen and oxygen atoms in total. The van der Waals surface area contributed by atoms with Crippen LogP contribution in [0.5, 0.6) is 0 Å². The zero-order chi connectivity index (χ0) is 21.6. The van der Waals surface area contributed by atoms with Crippen molar-refractivity contribution in [3.63, 3.8) is 0 Å². The van der Waals surface area contributed by atoms with Gasteiger partial charge in [-0.3, -0.25) is 14.4 Å². The molecule has 3 amide bonds. The Hall–Kier alpha value is -2.37. The van der Waals surface area contributed by atoms with E-state index in [1.165, 1.54) is 0 Å². The molecular formula is C23H35N3O3. The number of para-hydroxylation sites is 1. The zero-order valence-corrected chi connectivity index (χ0v) is 18.4. The first-order chi connectivity index (χ1) is 13.6. The Morgan fingerprint density at radius 2 is 1.69 bits per heavy atom. The summed E-state index contributed by atoms with van der Waals surface area (Å²) in [6.45, 7) is 11.8. The molecule has 6 heteroatoms. The molecule has 1 saturated heterocycles. The number of piperidine rings is 1. The van der Waals surface area contributed by atoms with Gasteiger partial charge in [-0.15, -0.1) is 0 Å². The van der Waals surface area contributed by atoms with Gasteiger partial charge in [0, 0.05) is 31.5 Å². The van der Waals surface area contributed by atoms with Crippen molar-refractivity contribution in [3.8, 4) is 0 Å². The normalized spacial score (nSPS) is 19.6. The molecule has 0 spiro atoms. The second kappa shape index (κ2) is 9.90. The maximum absolute atomic E-state index is 13.0. The Morgan fingerprint density at radius 1 is 1.07 bits per heavy atom. The second-order valence-corrected chi connectivity index (χ2v) is 9.36. The summed E-state index contributed by atoms with van der Waals surface area (Å²) in [5, 5.41) is 5.72. The third kappa shape index (κ3) is 6.87. The first-order valence-corrected chi connectivity index (χ1v) is 10.5. The molecule has 0 aromatic heterocycles. The van der Waals surface area contributed by atoms with Crippen LogP contribution in [0.15, 0.2) is 24.3 Å². The minimum Gasteiger partial charge on any atom is -0.356 e. The number of carbonyl (C=O) groups is 3.